The van der Waals surface area contributed by atoms with E-state index in [0.29, 0.717) is 0 Å². The molecule has 9 aromatic carbocycles. The number of hydrogen-bond acceptors (Lipinski definition) is 3. The largest absolute Gasteiger partial charge is 0.310 e. The van der Waals surface area contributed by atoms with Crippen molar-refractivity contribution in [2.75, 3.05) is 4.90 Å². The van der Waals surface area contributed by atoms with Crippen molar-refractivity contribution in [3.8, 4) is 22.3 Å². The van der Waals surface area contributed by atoms with Crippen LogP contribution < -0.4 is 4.90 Å². The van der Waals surface area contributed by atoms with Gasteiger partial charge in [-0.15, -0.1) is 22.7 Å². The van der Waals surface area contributed by atoms with E-state index in [1.807, 2.05) is 22.7 Å². The lowest BCUT2D eigenvalue weighted by Gasteiger charge is -2.26. The summed E-state index contributed by atoms with van der Waals surface area (Å²) in [7, 11) is 0. The van der Waals surface area contributed by atoms with Gasteiger partial charge in [0.25, 0.3) is 0 Å². The Bertz CT molecular complexity index is 3160. The molecule has 0 unspecified atom stereocenters. The van der Waals surface area contributed by atoms with Crippen molar-refractivity contribution < 1.29 is 0 Å². The maximum absolute atomic E-state index is 2.40. The van der Waals surface area contributed by atoms with E-state index >= 15 is 0 Å². The molecule has 0 saturated carbocycles. The van der Waals surface area contributed by atoms with Gasteiger partial charge in [-0.3, -0.25) is 0 Å². The van der Waals surface area contributed by atoms with Crippen LogP contribution in [0.25, 0.3) is 84.1 Å². The van der Waals surface area contributed by atoms with Crippen molar-refractivity contribution >= 4 is 102 Å². The number of nitrogens with zero attached hydrogens (tertiary/aromatic N) is 1. The van der Waals surface area contributed by atoms with Crippen molar-refractivity contribution in [1.82, 2.24) is 0 Å². The second kappa shape index (κ2) is 12.2. The van der Waals surface area contributed by atoms with E-state index < -0.39 is 0 Å². The molecule has 248 valence electrons. The van der Waals surface area contributed by atoms with E-state index in [1.165, 1.54) is 84.1 Å². The van der Waals surface area contributed by atoms with E-state index in [-0.39, 0.29) is 0 Å². The molecule has 2 heterocycles. The molecule has 0 aliphatic carbocycles. The second-order valence-electron chi connectivity index (χ2n) is 13.7. The molecular weight excluding hydrogens is 679 g/mol. The van der Waals surface area contributed by atoms with Crippen LogP contribution in [0.2, 0.25) is 0 Å². The lowest BCUT2D eigenvalue weighted by atomic mass is 9.95. The average molecular weight is 710 g/mol. The Hall–Kier alpha value is -6.26. The van der Waals surface area contributed by atoms with Gasteiger partial charge in [-0.1, -0.05) is 127 Å². The molecule has 0 atom stereocenters. The van der Waals surface area contributed by atoms with Crippen LogP contribution in [-0.2, 0) is 0 Å². The summed E-state index contributed by atoms with van der Waals surface area (Å²) < 4.78 is 5.28. The van der Waals surface area contributed by atoms with Gasteiger partial charge < -0.3 is 4.90 Å². The Morgan fingerprint density at radius 1 is 0.302 bits per heavy atom. The fourth-order valence-corrected chi connectivity index (χ4v) is 10.4. The minimum Gasteiger partial charge on any atom is -0.310 e. The van der Waals surface area contributed by atoms with Crippen LogP contribution in [0.5, 0.6) is 0 Å². The van der Waals surface area contributed by atoms with Crippen molar-refractivity contribution in [1.29, 1.82) is 0 Å². The predicted molar refractivity (Wildman–Crippen MR) is 233 cm³/mol. The van der Waals surface area contributed by atoms with Gasteiger partial charge in [0.2, 0.25) is 0 Å². The highest BCUT2D eigenvalue weighted by molar-refractivity contribution is 7.26. The van der Waals surface area contributed by atoms with E-state index in [2.05, 4.69) is 193 Å². The van der Waals surface area contributed by atoms with Gasteiger partial charge in [-0.05, 0) is 104 Å². The zero-order chi connectivity index (χ0) is 34.9. The maximum atomic E-state index is 2.40. The molecule has 2 aromatic heterocycles. The van der Waals surface area contributed by atoms with E-state index in [4.69, 9.17) is 0 Å². The third-order valence-electron chi connectivity index (χ3n) is 10.7. The van der Waals surface area contributed by atoms with Crippen molar-refractivity contribution in [2.24, 2.45) is 0 Å². The highest BCUT2D eigenvalue weighted by atomic mass is 32.1. The number of rotatable bonds is 5. The Morgan fingerprint density at radius 2 is 0.830 bits per heavy atom. The number of hydrogen-bond donors (Lipinski definition) is 0. The van der Waals surface area contributed by atoms with Crippen LogP contribution in [0.4, 0.5) is 17.1 Å². The molecule has 0 bridgehead atoms. The summed E-state index contributed by atoms with van der Waals surface area (Å²) in [6.45, 7) is 0. The lowest BCUT2D eigenvalue weighted by Crippen LogP contribution is -2.09. The molecule has 0 aliphatic rings. The molecule has 0 radical (unpaired) electrons. The van der Waals surface area contributed by atoms with Gasteiger partial charge in [0.1, 0.15) is 0 Å². The molecular formula is C50H31NS2. The average Bonchev–Trinajstić information content (AvgIpc) is 3.79. The highest BCUT2D eigenvalue weighted by Crippen LogP contribution is 2.45. The Morgan fingerprint density at radius 3 is 1.58 bits per heavy atom. The predicted octanol–water partition coefficient (Wildman–Crippen LogP) is 15.5. The van der Waals surface area contributed by atoms with Crippen LogP contribution in [0.1, 0.15) is 0 Å². The summed E-state index contributed by atoms with van der Waals surface area (Å²) >= 11 is 3.74. The number of fused-ring (bicyclic) bond motifs is 9. The van der Waals surface area contributed by atoms with Crippen molar-refractivity contribution in [3.63, 3.8) is 0 Å². The summed E-state index contributed by atoms with van der Waals surface area (Å²) in [5, 5.41) is 10.4. The van der Waals surface area contributed by atoms with Crippen LogP contribution in [0.15, 0.2) is 188 Å². The van der Waals surface area contributed by atoms with Crippen molar-refractivity contribution in [2.45, 2.75) is 0 Å². The zero-order valence-electron chi connectivity index (χ0n) is 28.7. The van der Waals surface area contributed by atoms with E-state index in [9.17, 15) is 0 Å². The normalized spacial score (nSPS) is 11.8. The maximum Gasteiger partial charge on any atom is 0.0468 e. The summed E-state index contributed by atoms with van der Waals surface area (Å²) in [6.07, 6.45) is 0. The van der Waals surface area contributed by atoms with Crippen LogP contribution in [0, 0.1) is 0 Å². The quantitative estimate of drug-likeness (QED) is 0.172. The topological polar surface area (TPSA) is 3.24 Å². The van der Waals surface area contributed by atoms with Gasteiger partial charge in [0.15, 0.2) is 0 Å². The standard InChI is InChI=1S/C50H31NS2/c1-2-12-38-32(10-1)11-9-17-39(38)33-20-24-35(25-21-33)51(37-28-29-48-45(30-37)41-14-5-7-18-46(41)52-48)36-26-22-34(23-27-36)44-31-49-50(42-15-4-3-13-40(42)44)43-16-6-8-19-47(43)53-49/h1-31H. The minimum absolute atomic E-state index is 1.12. The fraction of sp³-hybridized carbons (Fsp3) is 0. The van der Waals surface area contributed by atoms with E-state index in [1.54, 1.807) is 0 Å². The lowest BCUT2D eigenvalue weighted by molar-refractivity contribution is 1.29. The first-order chi connectivity index (χ1) is 26.3. The summed E-state index contributed by atoms with van der Waals surface area (Å²) in [5.74, 6) is 0. The molecule has 53 heavy (non-hydrogen) atoms. The number of anilines is 3. The molecule has 11 rings (SSSR count). The molecule has 11 aromatic rings. The minimum atomic E-state index is 1.12. The smallest absolute Gasteiger partial charge is 0.0468 e. The third kappa shape index (κ3) is 4.97. The number of thiophene rings is 2. The van der Waals surface area contributed by atoms with Crippen LogP contribution in [-0.4, -0.2) is 0 Å². The summed E-state index contributed by atoms with van der Waals surface area (Å²) in [5.41, 5.74) is 8.33. The Kier molecular flexibility index (Phi) is 6.97. The van der Waals surface area contributed by atoms with Gasteiger partial charge in [0, 0.05) is 57.4 Å². The second-order valence-corrected chi connectivity index (χ2v) is 15.8. The number of benzene rings is 9. The molecule has 3 heteroatoms. The monoisotopic (exact) mass is 709 g/mol. The first-order valence-corrected chi connectivity index (χ1v) is 19.6. The molecule has 0 aliphatic heterocycles. The van der Waals surface area contributed by atoms with Gasteiger partial charge >= 0.3 is 0 Å². The van der Waals surface area contributed by atoms with Crippen LogP contribution in [0.3, 0.4) is 0 Å². The Balaban J connectivity index is 1.06. The molecule has 0 fully saturated rings. The van der Waals surface area contributed by atoms with Gasteiger partial charge in [-0.25, -0.2) is 0 Å². The Labute approximate surface area is 315 Å². The molecule has 0 saturated heterocycles. The fourth-order valence-electron chi connectivity index (χ4n) is 8.19. The molecule has 1 nitrogen and oxygen atoms in total. The van der Waals surface area contributed by atoms with Gasteiger partial charge in [0.05, 0.1) is 0 Å². The summed E-state index contributed by atoms with van der Waals surface area (Å²) in [6, 6.07) is 69.2. The van der Waals surface area contributed by atoms with Gasteiger partial charge in [-0.2, -0.15) is 0 Å². The zero-order valence-corrected chi connectivity index (χ0v) is 30.3. The highest BCUT2D eigenvalue weighted by Gasteiger charge is 2.18. The third-order valence-corrected chi connectivity index (χ3v) is 12.9. The summed E-state index contributed by atoms with van der Waals surface area (Å²) in [4.78, 5) is 2.40. The molecule has 0 spiro atoms. The first-order valence-electron chi connectivity index (χ1n) is 18.0. The molecule has 0 N–H and O–H groups in total. The molecule has 0 amide bonds. The van der Waals surface area contributed by atoms with Crippen LogP contribution >= 0.6 is 22.7 Å². The van der Waals surface area contributed by atoms with E-state index in [0.717, 1.165) is 17.1 Å². The first kappa shape index (κ1) is 30.4. The van der Waals surface area contributed by atoms with Crippen molar-refractivity contribution in [3.05, 3.63) is 188 Å². The SMILES string of the molecule is c1ccc2c(-c3ccc(N(c4ccc(-c5cc6sc7ccccc7c6c6ccccc56)cc4)c4ccc5sc6ccccc6c5c4)cc3)cccc2c1.